The molecular formula is C14H16N4O3. The van der Waals surface area contributed by atoms with Gasteiger partial charge in [0.15, 0.2) is 5.69 Å². The number of amides is 1. The van der Waals surface area contributed by atoms with Gasteiger partial charge < -0.3 is 10.0 Å². The van der Waals surface area contributed by atoms with Crippen molar-refractivity contribution < 1.29 is 14.7 Å². The summed E-state index contributed by atoms with van der Waals surface area (Å²) in [7, 11) is 0. The number of carboxylic acid groups (broad SMARTS) is 1. The van der Waals surface area contributed by atoms with Gasteiger partial charge in [0.2, 0.25) is 0 Å². The van der Waals surface area contributed by atoms with Crippen LogP contribution in [0.15, 0.2) is 30.6 Å². The SMILES string of the molecule is CCN(CC)C(=O)c1cc(-n2ccc(C(=O)O)n2)ccn1. The van der Waals surface area contributed by atoms with Crippen molar-refractivity contribution in [1.29, 1.82) is 0 Å². The van der Waals surface area contributed by atoms with Gasteiger partial charge in [0, 0.05) is 25.5 Å². The molecule has 0 bridgehead atoms. The summed E-state index contributed by atoms with van der Waals surface area (Å²) < 4.78 is 1.41. The van der Waals surface area contributed by atoms with Crippen LogP contribution in [0.25, 0.3) is 5.69 Å². The summed E-state index contributed by atoms with van der Waals surface area (Å²) in [6.45, 7) is 5.01. The van der Waals surface area contributed by atoms with Gasteiger partial charge in [-0.2, -0.15) is 5.10 Å². The first-order valence-electron chi connectivity index (χ1n) is 6.61. The van der Waals surface area contributed by atoms with E-state index in [0.717, 1.165) is 0 Å². The van der Waals surface area contributed by atoms with Crippen LogP contribution in [0.1, 0.15) is 34.8 Å². The molecule has 2 aromatic heterocycles. The smallest absolute Gasteiger partial charge is 0.356 e. The maximum atomic E-state index is 12.2. The lowest BCUT2D eigenvalue weighted by Gasteiger charge is -2.18. The van der Waals surface area contributed by atoms with Gasteiger partial charge >= 0.3 is 5.97 Å². The maximum absolute atomic E-state index is 12.2. The summed E-state index contributed by atoms with van der Waals surface area (Å²) in [5.74, 6) is -1.25. The van der Waals surface area contributed by atoms with Gasteiger partial charge in [-0.05, 0) is 32.0 Å². The molecular weight excluding hydrogens is 272 g/mol. The Hall–Kier alpha value is -2.70. The first kappa shape index (κ1) is 14.7. The van der Waals surface area contributed by atoms with Crippen LogP contribution < -0.4 is 0 Å². The Balaban J connectivity index is 2.32. The lowest BCUT2D eigenvalue weighted by atomic mass is 10.3. The highest BCUT2D eigenvalue weighted by Gasteiger charge is 2.15. The normalized spacial score (nSPS) is 10.4. The number of hydrogen-bond acceptors (Lipinski definition) is 4. The molecule has 0 aliphatic carbocycles. The molecule has 2 aromatic rings. The summed E-state index contributed by atoms with van der Waals surface area (Å²) in [5.41, 5.74) is 0.847. The fraction of sp³-hybridized carbons (Fsp3) is 0.286. The van der Waals surface area contributed by atoms with E-state index in [9.17, 15) is 9.59 Å². The first-order chi connectivity index (χ1) is 10.1. The van der Waals surface area contributed by atoms with Crippen LogP contribution in [0.2, 0.25) is 0 Å². The number of nitrogens with zero attached hydrogens (tertiary/aromatic N) is 4. The molecule has 1 N–H and O–H groups in total. The van der Waals surface area contributed by atoms with Crippen molar-refractivity contribution in [2.45, 2.75) is 13.8 Å². The molecule has 0 atom stereocenters. The van der Waals surface area contributed by atoms with Crippen molar-refractivity contribution in [2.75, 3.05) is 13.1 Å². The predicted molar refractivity (Wildman–Crippen MR) is 75.6 cm³/mol. The average molecular weight is 288 g/mol. The Bertz CT molecular complexity index is 662. The standard InChI is InChI=1S/C14H16N4O3/c1-3-17(4-2)13(19)12-9-10(5-7-15-12)18-8-6-11(16-18)14(20)21/h5-9H,3-4H2,1-2H3,(H,20,21). The quantitative estimate of drug-likeness (QED) is 0.899. The van der Waals surface area contributed by atoms with E-state index in [-0.39, 0.29) is 11.6 Å². The molecule has 0 unspecified atom stereocenters. The highest BCUT2D eigenvalue weighted by atomic mass is 16.4. The molecule has 0 spiro atoms. The molecule has 0 fully saturated rings. The fourth-order valence-corrected chi connectivity index (χ4v) is 1.93. The van der Waals surface area contributed by atoms with Crippen molar-refractivity contribution >= 4 is 11.9 Å². The van der Waals surface area contributed by atoms with Gasteiger partial charge in [0.25, 0.3) is 5.91 Å². The van der Waals surface area contributed by atoms with Crippen LogP contribution in [0.3, 0.4) is 0 Å². The summed E-state index contributed by atoms with van der Waals surface area (Å²) in [5, 5.41) is 12.8. The third kappa shape index (κ3) is 3.07. The average Bonchev–Trinajstić information content (AvgIpc) is 2.98. The third-order valence-electron chi connectivity index (χ3n) is 3.09. The molecule has 110 valence electrons. The summed E-state index contributed by atoms with van der Waals surface area (Å²) in [6.07, 6.45) is 3.04. The predicted octanol–water partition coefficient (Wildman–Crippen LogP) is 1.45. The van der Waals surface area contributed by atoms with Crippen LogP contribution in [-0.4, -0.2) is 49.7 Å². The van der Waals surface area contributed by atoms with Gasteiger partial charge in [-0.1, -0.05) is 0 Å². The van der Waals surface area contributed by atoms with Crippen LogP contribution in [-0.2, 0) is 0 Å². The Morgan fingerprint density at radius 3 is 2.52 bits per heavy atom. The number of aromatic nitrogens is 3. The number of aromatic carboxylic acids is 1. The van der Waals surface area contributed by atoms with Crippen molar-refractivity contribution in [2.24, 2.45) is 0 Å². The number of carbonyl (C=O) groups excluding carboxylic acids is 1. The van der Waals surface area contributed by atoms with E-state index in [1.807, 2.05) is 13.8 Å². The molecule has 1 amide bonds. The van der Waals surface area contributed by atoms with Crippen molar-refractivity contribution in [3.05, 3.63) is 42.0 Å². The maximum Gasteiger partial charge on any atom is 0.356 e. The number of hydrogen-bond donors (Lipinski definition) is 1. The molecule has 7 nitrogen and oxygen atoms in total. The number of pyridine rings is 1. The Morgan fingerprint density at radius 1 is 1.24 bits per heavy atom. The van der Waals surface area contributed by atoms with Gasteiger partial charge in [0.05, 0.1) is 5.69 Å². The van der Waals surface area contributed by atoms with Gasteiger partial charge in [-0.25, -0.2) is 9.48 Å². The Kier molecular flexibility index (Phi) is 4.32. The highest BCUT2D eigenvalue weighted by molar-refractivity contribution is 5.92. The molecule has 2 rings (SSSR count). The number of carbonyl (C=O) groups is 2. The zero-order valence-corrected chi connectivity index (χ0v) is 11.9. The molecule has 2 heterocycles. The van der Waals surface area contributed by atoms with E-state index >= 15 is 0 Å². The topological polar surface area (TPSA) is 88.3 Å². The largest absolute Gasteiger partial charge is 0.476 e. The molecule has 0 aliphatic rings. The Morgan fingerprint density at radius 2 is 1.95 bits per heavy atom. The molecule has 7 heteroatoms. The second kappa shape index (κ2) is 6.17. The van der Waals surface area contributed by atoms with E-state index < -0.39 is 5.97 Å². The molecule has 0 aromatic carbocycles. The minimum atomic E-state index is -1.10. The zero-order chi connectivity index (χ0) is 15.4. The van der Waals surface area contributed by atoms with Gasteiger partial charge in [-0.3, -0.25) is 9.78 Å². The molecule has 0 radical (unpaired) electrons. The van der Waals surface area contributed by atoms with E-state index in [1.54, 1.807) is 17.0 Å². The monoisotopic (exact) mass is 288 g/mol. The van der Waals surface area contributed by atoms with E-state index in [2.05, 4.69) is 10.1 Å². The lowest BCUT2D eigenvalue weighted by Crippen LogP contribution is -2.31. The van der Waals surface area contributed by atoms with Crippen LogP contribution in [0.4, 0.5) is 0 Å². The van der Waals surface area contributed by atoms with Gasteiger partial charge in [-0.15, -0.1) is 0 Å². The van der Waals surface area contributed by atoms with Gasteiger partial charge in [0.1, 0.15) is 5.69 Å². The summed E-state index contributed by atoms with van der Waals surface area (Å²) in [6, 6.07) is 4.66. The Labute approximate surface area is 121 Å². The zero-order valence-electron chi connectivity index (χ0n) is 11.9. The molecule has 0 aliphatic heterocycles. The van der Waals surface area contributed by atoms with Crippen LogP contribution >= 0.6 is 0 Å². The van der Waals surface area contributed by atoms with E-state index in [0.29, 0.717) is 24.5 Å². The molecule has 21 heavy (non-hydrogen) atoms. The minimum absolute atomic E-state index is 0.0524. The third-order valence-corrected chi connectivity index (χ3v) is 3.09. The highest BCUT2D eigenvalue weighted by Crippen LogP contribution is 2.10. The lowest BCUT2D eigenvalue weighted by molar-refractivity contribution is 0.0689. The van der Waals surface area contributed by atoms with Crippen molar-refractivity contribution in [1.82, 2.24) is 19.7 Å². The fourth-order valence-electron chi connectivity index (χ4n) is 1.93. The molecule has 0 saturated carbocycles. The van der Waals surface area contributed by atoms with Crippen molar-refractivity contribution in [3.63, 3.8) is 0 Å². The van der Waals surface area contributed by atoms with Crippen LogP contribution in [0.5, 0.6) is 0 Å². The second-order valence-electron chi connectivity index (χ2n) is 4.33. The molecule has 0 saturated heterocycles. The van der Waals surface area contributed by atoms with E-state index in [4.69, 9.17) is 5.11 Å². The van der Waals surface area contributed by atoms with Crippen LogP contribution in [0, 0.1) is 0 Å². The minimum Gasteiger partial charge on any atom is -0.476 e. The number of rotatable bonds is 5. The first-order valence-corrected chi connectivity index (χ1v) is 6.61. The second-order valence-corrected chi connectivity index (χ2v) is 4.33. The summed E-state index contributed by atoms with van der Waals surface area (Å²) >= 11 is 0. The van der Waals surface area contributed by atoms with Crippen molar-refractivity contribution in [3.8, 4) is 5.69 Å². The number of carboxylic acids is 1. The van der Waals surface area contributed by atoms with E-state index in [1.165, 1.54) is 23.1 Å². The summed E-state index contributed by atoms with van der Waals surface area (Å²) in [4.78, 5) is 28.8.